The smallest absolute Gasteiger partial charge is 0.0656 e. The molecule has 2 N–H and O–H groups in total. The van der Waals surface area contributed by atoms with Crippen LogP contribution in [0.2, 0.25) is 0 Å². The molecule has 0 unspecified atom stereocenters. The monoisotopic (exact) mass is 167 g/mol. The summed E-state index contributed by atoms with van der Waals surface area (Å²) in [5.41, 5.74) is 8.01. The molecule has 0 spiro atoms. The van der Waals surface area contributed by atoms with Gasteiger partial charge >= 0.3 is 0 Å². The van der Waals surface area contributed by atoms with Crippen LogP contribution in [0.3, 0.4) is 0 Å². The highest BCUT2D eigenvalue weighted by Crippen LogP contribution is 2.08. The molecule has 1 rings (SSSR count). The first kappa shape index (κ1) is 9.26. The van der Waals surface area contributed by atoms with E-state index in [9.17, 15) is 0 Å². The Morgan fingerprint density at radius 1 is 1.58 bits per heavy atom. The summed E-state index contributed by atoms with van der Waals surface area (Å²) in [4.78, 5) is 0. The average molecular weight is 167 g/mol. The van der Waals surface area contributed by atoms with Crippen molar-refractivity contribution < 1.29 is 0 Å². The normalized spacial score (nSPS) is 10.6. The van der Waals surface area contributed by atoms with Crippen molar-refractivity contribution >= 4 is 0 Å². The summed E-state index contributed by atoms with van der Waals surface area (Å²) in [6.45, 7) is 2.91. The van der Waals surface area contributed by atoms with E-state index in [2.05, 4.69) is 18.2 Å². The first-order valence-corrected chi connectivity index (χ1v) is 4.49. The molecule has 68 valence electrons. The molecule has 0 saturated carbocycles. The lowest BCUT2D eigenvalue weighted by molar-refractivity contribution is 0.722. The fourth-order valence-electron chi connectivity index (χ4n) is 1.36. The molecule has 0 fully saturated rings. The zero-order valence-corrected chi connectivity index (χ0v) is 7.88. The minimum atomic E-state index is 0.750. The quantitative estimate of drug-likeness (QED) is 0.723. The summed E-state index contributed by atoms with van der Waals surface area (Å²) in [6.07, 6.45) is 5.20. The third-order valence-electron chi connectivity index (χ3n) is 1.99. The Morgan fingerprint density at radius 3 is 2.92 bits per heavy atom. The van der Waals surface area contributed by atoms with Crippen LogP contribution >= 0.6 is 0 Å². The predicted molar refractivity (Wildman–Crippen MR) is 50.0 cm³/mol. The van der Waals surface area contributed by atoms with Gasteiger partial charge in [0.1, 0.15) is 0 Å². The summed E-state index contributed by atoms with van der Waals surface area (Å²) in [5.74, 6) is 0. The number of rotatable bonds is 4. The van der Waals surface area contributed by atoms with E-state index in [0.29, 0.717) is 0 Å². The average Bonchev–Trinajstić information content (AvgIpc) is 2.42. The molecule has 1 heterocycles. The molecular formula is C9H17N3. The molecule has 0 aliphatic rings. The van der Waals surface area contributed by atoms with Gasteiger partial charge in [-0.2, -0.15) is 5.10 Å². The number of nitrogens with zero attached hydrogens (tertiary/aromatic N) is 2. The van der Waals surface area contributed by atoms with Gasteiger partial charge in [-0.25, -0.2) is 0 Å². The number of aromatic nitrogens is 2. The van der Waals surface area contributed by atoms with Crippen molar-refractivity contribution in [2.45, 2.75) is 26.2 Å². The number of hydrogen-bond donors (Lipinski definition) is 1. The van der Waals surface area contributed by atoms with E-state index in [1.54, 1.807) is 0 Å². The van der Waals surface area contributed by atoms with Crippen LogP contribution in [0.4, 0.5) is 0 Å². The van der Waals surface area contributed by atoms with Crippen molar-refractivity contribution in [3.63, 3.8) is 0 Å². The third-order valence-corrected chi connectivity index (χ3v) is 1.99. The van der Waals surface area contributed by atoms with E-state index in [4.69, 9.17) is 5.73 Å². The van der Waals surface area contributed by atoms with Crippen LogP contribution in [-0.2, 0) is 19.9 Å². The van der Waals surface area contributed by atoms with Gasteiger partial charge in [-0.05, 0) is 31.4 Å². The van der Waals surface area contributed by atoms with Crippen molar-refractivity contribution in [1.82, 2.24) is 9.78 Å². The highest BCUT2D eigenvalue weighted by atomic mass is 15.2. The number of nitrogens with two attached hydrogens (primary N) is 1. The van der Waals surface area contributed by atoms with Gasteiger partial charge in [0, 0.05) is 13.2 Å². The van der Waals surface area contributed by atoms with Crippen molar-refractivity contribution in [2.75, 3.05) is 6.54 Å². The second-order valence-electron chi connectivity index (χ2n) is 3.02. The lowest BCUT2D eigenvalue weighted by atomic mass is 10.1. The van der Waals surface area contributed by atoms with Gasteiger partial charge in [0.2, 0.25) is 0 Å². The van der Waals surface area contributed by atoms with E-state index >= 15 is 0 Å². The van der Waals surface area contributed by atoms with Crippen molar-refractivity contribution in [3.05, 3.63) is 17.5 Å². The molecule has 12 heavy (non-hydrogen) atoms. The maximum Gasteiger partial charge on any atom is 0.0656 e. The van der Waals surface area contributed by atoms with Gasteiger partial charge in [-0.15, -0.1) is 0 Å². The van der Waals surface area contributed by atoms with Crippen LogP contribution < -0.4 is 5.73 Å². The van der Waals surface area contributed by atoms with Gasteiger partial charge in [0.15, 0.2) is 0 Å². The molecule has 0 bridgehead atoms. The highest BCUT2D eigenvalue weighted by Gasteiger charge is 2.03. The molecule has 0 aliphatic carbocycles. The minimum absolute atomic E-state index is 0.750. The van der Waals surface area contributed by atoms with Gasteiger partial charge in [-0.3, -0.25) is 4.68 Å². The van der Waals surface area contributed by atoms with Crippen molar-refractivity contribution in [2.24, 2.45) is 12.8 Å². The van der Waals surface area contributed by atoms with Gasteiger partial charge in [0.05, 0.1) is 5.69 Å². The molecule has 0 saturated heterocycles. The number of hydrogen-bond acceptors (Lipinski definition) is 2. The van der Waals surface area contributed by atoms with Crippen molar-refractivity contribution in [1.29, 1.82) is 0 Å². The molecule has 0 radical (unpaired) electrons. The lowest BCUT2D eigenvalue weighted by Crippen LogP contribution is -2.02. The summed E-state index contributed by atoms with van der Waals surface area (Å²) >= 11 is 0. The van der Waals surface area contributed by atoms with Crippen LogP contribution in [0.25, 0.3) is 0 Å². The SMILES string of the molecule is CCc1cn(C)nc1CCCN. The third kappa shape index (κ3) is 2.08. The zero-order valence-electron chi connectivity index (χ0n) is 7.88. The molecule has 1 aromatic rings. The maximum absolute atomic E-state index is 5.44. The van der Waals surface area contributed by atoms with E-state index in [0.717, 1.165) is 25.8 Å². The summed E-state index contributed by atoms with van der Waals surface area (Å²) in [6, 6.07) is 0. The van der Waals surface area contributed by atoms with Crippen LogP contribution in [0.1, 0.15) is 24.6 Å². The molecule has 1 aromatic heterocycles. The molecule has 0 atom stereocenters. The molecule has 3 nitrogen and oxygen atoms in total. The van der Waals surface area contributed by atoms with E-state index < -0.39 is 0 Å². The fourth-order valence-corrected chi connectivity index (χ4v) is 1.36. The molecule has 3 heteroatoms. The molecule has 0 aromatic carbocycles. The maximum atomic E-state index is 5.44. The van der Waals surface area contributed by atoms with Crippen LogP contribution in [-0.4, -0.2) is 16.3 Å². The molecule has 0 aliphatic heterocycles. The molecule has 0 amide bonds. The summed E-state index contributed by atoms with van der Waals surface area (Å²) < 4.78 is 1.88. The first-order chi connectivity index (χ1) is 5.77. The minimum Gasteiger partial charge on any atom is -0.330 e. The Labute approximate surface area is 73.6 Å². The van der Waals surface area contributed by atoms with Crippen molar-refractivity contribution in [3.8, 4) is 0 Å². The lowest BCUT2D eigenvalue weighted by Gasteiger charge is -1.96. The molecular weight excluding hydrogens is 150 g/mol. The fraction of sp³-hybridized carbons (Fsp3) is 0.667. The van der Waals surface area contributed by atoms with Gasteiger partial charge in [-0.1, -0.05) is 6.92 Å². The topological polar surface area (TPSA) is 43.8 Å². The Bertz CT molecular complexity index is 240. The van der Waals surface area contributed by atoms with Crippen LogP contribution in [0.5, 0.6) is 0 Å². The van der Waals surface area contributed by atoms with Gasteiger partial charge in [0.25, 0.3) is 0 Å². The van der Waals surface area contributed by atoms with Crippen LogP contribution in [0.15, 0.2) is 6.20 Å². The van der Waals surface area contributed by atoms with Gasteiger partial charge < -0.3 is 5.73 Å². The Hall–Kier alpha value is -0.830. The number of aryl methyl sites for hydroxylation is 3. The summed E-state index contributed by atoms with van der Waals surface area (Å²) in [7, 11) is 1.96. The van der Waals surface area contributed by atoms with E-state index in [-0.39, 0.29) is 0 Å². The predicted octanol–water partition coefficient (Wildman–Crippen LogP) is 0.874. The highest BCUT2D eigenvalue weighted by molar-refractivity contribution is 5.16. The van der Waals surface area contributed by atoms with Crippen LogP contribution in [0, 0.1) is 0 Å². The Kier molecular flexibility index (Phi) is 3.29. The zero-order chi connectivity index (χ0) is 8.97. The largest absolute Gasteiger partial charge is 0.330 e. The summed E-state index contributed by atoms with van der Waals surface area (Å²) in [5, 5.41) is 4.38. The second kappa shape index (κ2) is 4.26. The second-order valence-corrected chi connectivity index (χ2v) is 3.02. The Balaban J connectivity index is 2.68. The Morgan fingerprint density at radius 2 is 2.33 bits per heavy atom. The first-order valence-electron chi connectivity index (χ1n) is 4.49. The van der Waals surface area contributed by atoms with E-state index in [1.807, 2.05) is 11.7 Å². The standard InChI is InChI=1S/C9H17N3/c1-3-8-7-12(2)11-9(8)5-4-6-10/h7H,3-6,10H2,1-2H3. The van der Waals surface area contributed by atoms with E-state index in [1.165, 1.54) is 11.3 Å².